The molecule has 0 aliphatic rings. The van der Waals surface area contributed by atoms with Crippen molar-refractivity contribution in [1.29, 1.82) is 0 Å². The lowest BCUT2D eigenvalue weighted by atomic mass is 10.2. The third-order valence-electron chi connectivity index (χ3n) is 2.55. The summed E-state index contributed by atoms with van der Waals surface area (Å²) in [6.45, 7) is 4.64. The molecule has 2 N–H and O–H groups in total. The SMILES string of the molecule is CCN(c1ccc(C)cc1)S(=O)(=O)CCCN. The van der Waals surface area contributed by atoms with Crippen LogP contribution in [0.1, 0.15) is 18.9 Å². The Morgan fingerprint density at radius 1 is 1.24 bits per heavy atom. The molecule has 1 aromatic rings. The van der Waals surface area contributed by atoms with E-state index in [0.29, 0.717) is 19.5 Å². The van der Waals surface area contributed by atoms with Crippen LogP contribution in [-0.2, 0) is 10.0 Å². The molecule has 96 valence electrons. The molecule has 0 aliphatic carbocycles. The zero-order valence-electron chi connectivity index (χ0n) is 10.4. The van der Waals surface area contributed by atoms with E-state index >= 15 is 0 Å². The summed E-state index contributed by atoms with van der Waals surface area (Å²) in [5, 5.41) is 0. The molecular formula is C12H20N2O2S. The molecular weight excluding hydrogens is 236 g/mol. The predicted octanol–water partition coefficient (Wildman–Crippen LogP) is 1.50. The Labute approximate surface area is 103 Å². The second-order valence-corrected chi connectivity index (χ2v) is 5.97. The molecule has 1 aromatic carbocycles. The van der Waals surface area contributed by atoms with Crippen molar-refractivity contribution in [2.75, 3.05) is 23.1 Å². The van der Waals surface area contributed by atoms with Gasteiger partial charge in [-0.15, -0.1) is 0 Å². The van der Waals surface area contributed by atoms with E-state index < -0.39 is 10.0 Å². The standard InChI is InChI=1S/C12H20N2O2S/c1-3-14(17(15,16)10-4-9-13)12-7-5-11(2)6-8-12/h5-8H,3-4,9-10,13H2,1-2H3. The van der Waals surface area contributed by atoms with E-state index in [2.05, 4.69) is 0 Å². The van der Waals surface area contributed by atoms with Gasteiger partial charge < -0.3 is 5.73 Å². The van der Waals surface area contributed by atoms with E-state index in [9.17, 15) is 8.42 Å². The van der Waals surface area contributed by atoms with Crippen molar-refractivity contribution in [2.45, 2.75) is 20.3 Å². The summed E-state index contributed by atoms with van der Waals surface area (Å²) in [6, 6.07) is 7.49. The van der Waals surface area contributed by atoms with Gasteiger partial charge in [-0.1, -0.05) is 17.7 Å². The molecule has 0 saturated carbocycles. The van der Waals surface area contributed by atoms with Crippen LogP contribution in [0.5, 0.6) is 0 Å². The van der Waals surface area contributed by atoms with E-state index in [1.807, 2.05) is 38.1 Å². The van der Waals surface area contributed by atoms with Crippen molar-refractivity contribution in [3.63, 3.8) is 0 Å². The van der Waals surface area contributed by atoms with Gasteiger partial charge in [0.1, 0.15) is 0 Å². The van der Waals surface area contributed by atoms with Gasteiger partial charge in [0, 0.05) is 6.54 Å². The first-order valence-electron chi connectivity index (χ1n) is 5.78. The monoisotopic (exact) mass is 256 g/mol. The first-order valence-corrected chi connectivity index (χ1v) is 7.39. The van der Waals surface area contributed by atoms with E-state index in [1.54, 1.807) is 0 Å². The van der Waals surface area contributed by atoms with Crippen molar-refractivity contribution in [1.82, 2.24) is 0 Å². The zero-order chi connectivity index (χ0) is 12.9. The van der Waals surface area contributed by atoms with Crippen LogP contribution in [-0.4, -0.2) is 27.3 Å². The third kappa shape index (κ3) is 3.71. The Hall–Kier alpha value is -1.07. The molecule has 17 heavy (non-hydrogen) atoms. The van der Waals surface area contributed by atoms with E-state index in [-0.39, 0.29) is 5.75 Å². The Kier molecular flexibility index (Phi) is 4.96. The number of nitrogens with two attached hydrogens (primary N) is 1. The number of nitrogens with zero attached hydrogens (tertiary/aromatic N) is 1. The molecule has 0 unspecified atom stereocenters. The number of hydrogen-bond acceptors (Lipinski definition) is 3. The Morgan fingerprint density at radius 2 is 1.82 bits per heavy atom. The zero-order valence-corrected chi connectivity index (χ0v) is 11.2. The largest absolute Gasteiger partial charge is 0.330 e. The molecule has 5 heteroatoms. The van der Waals surface area contributed by atoms with Crippen LogP contribution in [0.25, 0.3) is 0 Å². The van der Waals surface area contributed by atoms with Crippen LogP contribution in [0, 0.1) is 6.92 Å². The maximum absolute atomic E-state index is 12.1. The van der Waals surface area contributed by atoms with Gasteiger partial charge in [0.15, 0.2) is 0 Å². The first kappa shape index (κ1) is 14.0. The maximum atomic E-state index is 12.1. The van der Waals surface area contributed by atoms with Crippen LogP contribution >= 0.6 is 0 Å². The quantitative estimate of drug-likeness (QED) is 0.839. The van der Waals surface area contributed by atoms with Gasteiger partial charge in [-0.2, -0.15) is 0 Å². The van der Waals surface area contributed by atoms with Crippen molar-refractivity contribution in [3.8, 4) is 0 Å². The molecule has 0 radical (unpaired) electrons. The summed E-state index contributed by atoms with van der Waals surface area (Å²) in [4.78, 5) is 0. The van der Waals surface area contributed by atoms with Gasteiger partial charge in [0.2, 0.25) is 10.0 Å². The topological polar surface area (TPSA) is 63.4 Å². The first-order chi connectivity index (χ1) is 8.01. The van der Waals surface area contributed by atoms with Crippen molar-refractivity contribution in [2.24, 2.45) is 5.73 Å². The third-order valence-corrected chi connectivity index (χ3v) is 4.50. The summed E-state index contributed by atoms with van der Waals surface area (Å²) >= 11 is 0. The lowest BCUT2D eigenvalue weighted by Gasteiger charge is -2.22. The van der Waals surface area contributed by atoms with E-state index in [4.69, 9.17) is 5.73 Å². The second-order valence-electron chi connectivity index (χ2n) is 3.96. The molecule has 0 fully saturated rings. The molecule has 0 saturated heterocycles. The van der Waals surface area contributed by atoms with Crippen LogP contribution < -0.4 is 10.0 Å². The van der Waals surface area contributed by atoms with Crippen LogP contribution in [0.3, 0.4) is 0 Å². The normalized spacial score (nSPS) is 11.5. The average Bonchev–Trinajstić information content (AvgIpc) is 2.30. The lowest BCUT2D eigenvalue weighted by Crippen LogP contribution is -2.33. The number of aryl methyl sites for hydroxylation is 1. The summed E-state index contributed by atoms with van der Waals surface area (Å²) < 4.78 is 25.6. The van der Waals surface area contributed by atoms with Gasteiger partial charge >= 0.3 is 0 Å². The molecule has 0 atom stereocenters. The highest BCUT2D eigenvalue weighted by atomic mass is 32.2. The summed E-state index contributed by atoms with van der Waals surface area (Å²) in [5.74, 6) is 0.102. The molecule has 0 spiro atoms. The lowest BCUT2D eigenvalue weighted by molar-refractivity contribution is 0.589. The molecule has 1 rings (SSSR count). The molecule has 0 aliphatic heterocycles. The number of benzene rings is 1. The maximum Gasteiger partial charge on any atom is 0.235 e. The number of hydrogen-bond donors (Lipinski definition) is 1. The fourth-order valence-electron chi connectivity index (χ4n) is 1.63. The van der Waals surface area contributed by atoms with Crippen molar-refractivity contribution < 1.29 is 8.42 Å². The van der Waals surface area contributed by atoms with Crippen LogP contribution in [0.15, 0.2) is 24.3 Å². The predicted molar refractivity (Wildman–Crippen MR) is 71.7 cm³/mol. The number of rotatable bonds is 6. The molecule has 0 heterocycles. The van der Waals surface area contributed by atoms with Crippen LogP contribution in [0.2, 0.25) is 0 Å². The number of anilines is 1. The van der Waals surface area contributed by atoms with Crippen molar-refractivity contribution >= 4 is 15.7 Å². The van der Waals surface area contributed by atoms with Crippen molar-refractivity contribution in [3.05, 3.63) is 29.8 Å². The summed E-state index contributed by atoms with van der Waals surface area (Å²) in [7, 11) is -3.25. The Bertz CT molecular complexity index is 440. The molecule has 0 amide bonds. The Balaban J connectivity index is 2.95. The summed E-state index contributed by atoms with van der Waals surface area (Å²) in [6.07, 6.45) is 0.491. The molecule has 4 nitrogen and oxygen atoms in total. The average molecular weight is 256 g/mol. The second kappa shape index (κ2) is 6.02. The minimum Gasteiger partial charge on any atom is -0.330 e. The minimum atomic E-state index is -3.25. The molecule has 0 aromatic heterocycles. The minimum absolute atomic E-state index is 0.102. The molecule has 0 bridgehead atoms. The fourth-order valence-corrected chi connectivity index (χ4v) is 3.21. The van der Waals surface area contributed by atoms with E-state index in [1.165, 1.54) is 4.31 Å². The van der Waals surface area contributed by atoms with Gasteiger partial charge in [-0.05, 0) is 38.9 Å². The summed E-state index contributed by atoms with van der Waals surface area (Å²) in [5.41, 5.74) is 7.19. The van der Waals surface area contributed by atoms with E-state index in [0.717, 1.165) is 11.3 Å². The smallest absolute Gasteiger partial charge is 0.235 e. The highest BCUT2D eigenvalue weighted by Crippen LogP contribution is 2.19. The Morgan fingerprint density at radius 3 is 2.29 bits per heavy atom. The highest BCUT2D eigenvalue weighted by molar-refractivity contribution is 7.92. The van der Waals surface area contributed by atoms with Gasteiger partial charge in [-0.3, -0.25) is 4.31 Å². The fraction of sp³-hybridized carbons (Fsp3) is 0.500. The van der Waals surface area contributed by atoms with Gasteiger partial charge in [-0.25, -0.2) is 8.42 Å². The van der Waals surface area contributed by atoms with Gasteiger partial charge in [0.25, 0.3) is 0 Å². The van der Waals surface area contributed by atoms with Crippen LogP contribution in [0.4, 0.5) is 5.69 Å². The number of sulfonamides is 1. The van der Waals surface area contributed by atoms with Gasteiger partial charge in [0.05, 0.1) is 11.4 Å². The highest BCUT2D eigenvalue weighted by Gasteiger charge is 2.19.